The SMILES string of the molecule is N#Cc1ccc(OCC(O)CN2CCCN(CC(O)COc3ccc(C#N)cc3)CC2)cc1. The molecule has 0 spiro atoms. The minimum absolute atomic E-state index is 0.192. The second-order valence-corrected chi connectivity index (χ2v) is 8.16. The zero-order chi connectivity index (χ0) is 23.5. The van der Waals surface area contributed by atoms with Crippen molar-refractivity contribution in [2.45, 2.75) is 18.6 Å². The average molecular weight is 451 g/mol. The van der Waals surface area contributed by atoms with E-state index in [1.165, 1.54) is 0 Å². The highest BCUT2D eigenvalue weighted by molar-refractivity contribution is 5.35. The van der Waals surface area contributed by atoms with Crippen LogP contribution in [0.1, 0.15) is 17.5 Å². The van der Waals surface area contributed by atoms with Crippen LogP contribution < -0.4 is 9.47 Å². The molecule has 0 saturated carbocycles. The number of ether oxygens (including phenoxy) is 2. The summed E-state index contributed by atoms with van der Waals surface area (Å²) in [7, 11) is 0. The van der Waals surface area contributed by atoms with Gasteiger partial charge in [0.15, 0.2) is 0 Å². The van der Waals surface area contributed by atoms with Gasteiger partial charge in [-0.1, -0.05) is 0 Å². The zero-order valence-electron chi connectivity index (χ0n) is 18.6. The summed E-state index contributed by atoms with van der Waals surface area (Å²) in [5, 5.41) is 38.4. The molecule has 0 radical (unpaired) electrons. The van der Waals surface area contributed by atoms with Crippen molar-refractivity contribution in [1.29, 1.82) is 10.5 Å². The molecule has 2 aromatic carbocycles. The van der Waals surface area contributed by atoms with Crippen molar-refractivity contribution in [3.63, 3.8) is 0 Å². The third-order valence-corrected chi connectivity index (χ3v) is 5.47. The van der Waals surface area contributed by atoms with Gasteiger partial charge in [0.05, 0.1) is 23.3 Å². The van der Waals surface area contributed by atoms with Crippen LogP contribution in [0.15, 0.2) is 48.5 Å². The molecule has 0 aliphatic carbocycles. The van der Waals surface area contributed by atoms with Crippen molar-refractivity contribution in [2.75, 3.05) is 52.5 Å². The van der Waals surface area contributed by atoms with Gasteiger partial charge in [0, 0.05) is 26.2 Å². The second-order valence-electron chi connectivity index (χ2n) is 8.16. The van der Waals surface area contributed by atoms with E-state index in [-0.39, 0.29) is 13.2 Å². The molecular formula is C25H30N4O4. The number of rotatable bonds is 10. The Hall–Kier alpha value is -3.14. The topological polar surface area (TPSA) is 113 Å². The molecular weight excluding hydrogens is 420 g/mol. The van der Waals surface area contributed by atoms with E-state index in [2.05, 4.69) is 21.9 Å². The summed E-state index contributed by atoms with van der Waals surface area (Å²) in [6.07, 6.45) is -0.274. The predicted octanol–water partition coefficient (Wildman–Crippen LogP) is 1.62. The number of hydrogen-bond acceptors (Lipinski definition) is 8. The number of aliphatic hydroxyl groups excluding tert-OH is 2. The van der Waals surface area contributed by atoms with Crippen LogP contribution in [-0.4, -0.2) is 84.7 Å². The van der Waals surface area contributed by atoms with Crippen LogP contribution in [0.3, 0.4) is 0 Å². The molecule has 0 bridgehead atoms. The molecule has 8 nitrogen and oxygen atoms in total. The zero-order valence-corrected chi connectivity index (χ0v) is 18.6. The van der Waals surface area contributed by atoms with Gasteiger partial charge in [-0.15, -0.1) is 0 Å². The van der Waals surface area contributed by atoms with Gasteiger partial charge in [-0.25, -0.2) is 0 Å². The highest BCUT2D eigenvalue weighted by Crippen LogP contribution is 2.14. The van der Waals surface area contributed by atoms with Gasteiger partial charge in [-0.05, 0) is 68.0 Å². The Morgan fingerprint density at radius 1 is 0.697 bits per heavy atom. The summed E-state index contributed by atoms with van der Waals surface area (Å²) in [5.41, 5.74) is 1.14. The van der Waals surface area contributed by atoms with Crippen molar-refractivity contribution >= 4 is 0 Å². The Morgan fingerprint density at radius 3 is 1.45 bits per heavy atom. The van der Waals surface area contributed by atoms with E-state index in [0.29, 0.717) is 35.7 Å². The van der Waals surface area contributed by atoms with Crippen LogP contribution in [0.4, 0.5) is 0 Å². The standard InChI is InChI=1S/C25H30N4O4/c26-14-20-2-6-24(7-3-20)32-18-22(30)16-28-10-1-11-29(13-12-28)17-23(31)19-33-25-8-4-21(15-27)5-9-25/h2-9,22-23,30-31H,1,10-13,16-19H2. The molecule has 1 heterocycles. The monoisotopic (exact) mass is 450 g/mol. The molecule has 0 amide bonds. The molecule has 33 heavy (non-hydrogen) atoms. The molecule has 2 unspecified atom stereocenters. The van der Waals surface area contributed by atoms with E-state index >= 15 is 0 Å². The summed E-state index contributed by atoms with van der Waals surface area (Å²) >= 11 is 0. The van der Waals surface area contributed by atoms with Crippen LogP contribution in [0, 0.1) is 22.7 Å². The van der Waals surface area contributed by atoms with Crippen LogP contribution in [0.25, 0.3) is 0 Å². The van der Waals surface area contributed by atoms with Crippen LogP contribution in [0.5, 0.6) is 11.5 Å². The summed E-state index contributed by atoms with van der Waals surface area (Å²) in [4.78, 5) is 4.43. The minimum Gasteiger partial charge on any atom is -0.491 e. The van der Waals surface area contributed by atoms with Crippen molar-refractivity contribution in [1.82, 2.24) is 9.80 Å². The van der Waals surface area contributed by atoms with E-state index < -0.39 is 12.2 Å². The molecule has 1 saturated heterocycles. The maximum Gasteiger partial charge on any atom is 0.119 e. The molecule has 2 aromatic rings. The number of β-amino-alcohol motifs (C(OH)–C–C–N with tert-alkyl or cyclic N) is 2. The average Bonchev–Trinajstić information content (AvgIpc) is 3.07. The molecule has 1 fully saturated rings. The first-order chi connectivity index (χ1) is 16.1. The van der Waals surface area contributed by atoms with Gasteiger partial charge in [0.1, 0.15) is 36.9 Å². The third kappa shape index (κ3) is 8.38. The number of hydrogen-bond donors (Lipinski definition) is 2. The normalized spacial score (nSPS) is 16.7. The third-order valence-electron chi connectivity index (χ3n) is 5.47. The molecule has 0 aromatic heterocycles. The molecule has 8 heteroatoms. The summed E-state index contributed by atoms with van der Waals surface area (Å²) in [5.74, 6) is 1.26. The minimum atomic E-state index is -0.612. The number of nitrogens with zero attached hydrogens (tertiary/aromatic N) is 4. The maximum absolute atomic E-state index is 10.4. The quantitative estimate of drug-likeness (QED) is 0.562. The van der Waals surface area contributed by atoms with E-state index in [9.17, 15) is 10.2 Å². The van der Waals surface area contributed by atoms with Gasteiger partial charge < -0.3 is 19.7 Å². The van der Waals surface area contributed by atoms with Crippen molar-refractivity contribution < 1.29 is 19.7 Å². The predicted molar refractivity (Wildman–Crippen MR) is 123 cm³/mol. The fraction of sp³-hybridized carbons (Fsp3) is 0.440. The van der Waals surface area contributed by atoms with Crippen molar-refractivity contribution in [3.05, 3.63) is 59.7 Å². The number of aliphatic hydroxyl groups is 2. The van der Waals surface area contributed by atoms with Gasteiger partial charge in [0.25, 0.3) is 0 Å². The van der Waals surface area contributed by atoms with E-state index in [4.69, 9.17) is 20.0 Å². The van der Waals surface area contributed by atoms with E-state index in [1.807, 2.05) is 0 Å². The molecule has 1 aliphatic rings. The van der Waals surface area contributed by atoms with Gasteiger partial charge >= 0.3 is 0 Å². The summed E-state index contributed by atoms with van der Waals surface area (Å²) in [6, 6.07) is 17.8. The number of benzene rings is 2. The van der Waals surface area contributed by atoms with Crippen LogP contribution in [-0.2, 0) is 0 Å². The first kappa shape index (κ1) is 24.5. The Kier molecular flexibility index (Phi) is 9.49. The highest BCUT2D eigenvalue weighted by atomic mass is 16.5. The van der Waals surface area contributed by atoms with Gasteiger partial charge in [-0.2, -0.15) is 10.5 Å². The highest BCUT2D eigenvalue weighted by Gasteiger charge is 2.20. The van der Waals surface area contributed by atoms with Gasteiger partial charge in [-0.3, -0.25) is 9.80 Å². The number of nitriles is 2. The van der Waals surface area contributed by atoms with Crippen LogP contribution >= 0.6 is 0 Å². The Balaban J connectivity index is 1.34. The fourth-order valence-electron chi connectivity index (χ4n) is 3.73. The van der Waals surface area contributed by atoms with E-state index in [1.54, 1.807) is 48.5 Å². The largest absolute Gasteiger partial charge is 0.491 e. The lowest BCUT2D eigenvalue weighted by Crippen LogP contribution is -2.40. The lowest BCUT2D eigenvalue weighted by molar-refractivity contribution is 0.0617. The molecule has 1 aliphatic heterocycles. The lowest BCUT2D eigenvalue weighted by Gasteiger charge is -2.25. The first-order valence-electron chi connectivity index (χ1n) is 11.1. The molecule has 3 rings (SSSR count). The summed E-state index contributed by atoms with van der Waals surface area (Å²) in [6.45, 7) is 4.79. The van der Waals surface area contributed by atoms with Crippen molar-refractivity contribution in [2.24, 2.45) is 0 Å². The van der Waals surface area contributed by atoms with Crippen LogP contribution in [0.2, 0.25) is 0 Å². The second kappa shape index (κ2) is 12.8. The van der Waals surface area contributed by atoms with Crippen molar-refractivity contribution in [3.8, 4) is 23.6 Å². The molecule has 2 atom stereocenters. The molecule has 174 valence electrons. The molecule has 2 N–H and O–H groups in total. The lowest BCUT2D eigenvalue weighted by atomic mass is 10.2. The fourth-order valence-corrected chi connectivity index (χ4v) is 3.73. The Labute approximate surface area is 194 Å². The Morgan fingerprint density at radius 2 is 1.09 bits per heavy atom. The Bertz CT molecular complexity index is 859. The first-order valence-corrected chi connectivity index (χ1v) is 11.1. The summed E-state index contributed by atoms with van der Waals surface area (Å²) < 4.78 is 11.3. The smallest absolute Gasteiger partial charge is 0.119 e. The van der Waals surface area contributed by atoms with E-state index in [0.717, 1.165) is 32.6 Å². The maximum atomic E-state index is 10.4. The van der Waals surface area contributed by atoms with Gasteiger partial charge in [0.2, 0.25) is 0 Å².